The van der Waals surface area contributed by atoms with Crippen LogP contribution in [0.1, 0.15) is 26.2 Å². The predicted octanol–water partition coefficient (Wildman–Crippen LogP) is 3.29. The van der Waals surface area contributed by atoms with Crippen LogP contribution < -0.4 is 11.1 Å². The van der Waals surface area contributed by atoms with Crippen molar-refractivity contribution in [1.82, 2.24) is 0 Å². The monoisotopic (exact) mass is 330 g/mol. The molecule has 2 unspecified atom stereocenters. The quantitative estimate of drug-likeness (QED) is 0.890. The Morgan fingerprint density at radius 2 is 2.37 bits per heavy atom. The minimum atomic E-state index is -0.259. The smallest absolute Gasteiger partial charge is 0.137 e. The third-order valence-corrected chi connectivity index (χ3v) is 4.34. The molecule has 1 aliphatic rings. The lowest BCUT2D eigenvalue weighted by molar-refractivity contribution is -0.0125. The summed E-state index contributed by atoms with van der Waals surface area (Å²) in [7, 11) is 0. The van der Waals surface area contributed by atoms with Gasteiger partial charge in [0.05, 0.1) is 16.1 Å². The average molecular weight is 331 g/mol. The molecule has 19 heavy (non-hydrogen) atoms. The van der Waals surface area contributed by atoms with Crippen LogP contribution in [0.15, 0.2) is 22.7 Å². The minimum absolute atomic E-state index is 0.157. The van der Waals surface area contributed by atoms with Crippen LogP contribution in [0.3, 0.4) is 0 Å². The molecule has 1 aliphatic heterocycles. The fourth-order valence-electron chi connectivity index (χ4n) is 2.51. The zero-order chi connectivity index (χ0) is 13.9. The highest BCUT2D eigenvalue weighted by Crippen LogP contribution is 2.31. The summed E-state index contributed by atoms with van der Waals surface area (Å²) in [6, 6.07) is 4.95. The van der Waals surface area contributed by atoms with Crippen molar-refractivity contribution in [3.05, 3.63) is 28.5 Å². The number of hydrogen-bond acceptors (Lipinski definition) is 3. The topological polar surface area (TPSA) is 47.3 Å². The zero-order valence-corrected chi connectivity index (χ0v) is 12.7. The molecular weight excluding hydrogens is 311 g/mol. The van der Waals surface area contributed by atoms with Crippen LogP contribution in [0.5, 0.6) is 0 Å². The van der Waals surface area contributed by atoms with E-state index in [1.54, 1.807) is 12.1 Å². The van der Waals surface area contributed by atoms with Crippen molar-refractivity contribution in [2.45, 2.75) is 37.8 Å². The highest BCUT2D eigenvalue weighted by molar-refractivity contribution is 9.10. The van der Waals surface area contributed by atoms with Crippen molar-refractivity contribution in [2.24, 2.45) is 5.73 Å². The maximum absolute atomic E-state index is 13.3. The van der Waals surface area contributed by atoms with Gasteiger partial charge in [-0.1, -0.05) is 6.92 Å². The normalized spacial score (nSPS) is 27.3. The summed E-state index contributed by atoms with van der Waals surface area (Å²) in [5.41, 5.74) is 6.70. The van der Waals surface area contributed by atoms with E-state index in [0.717, 1.165) is 24.9 Å². The minimum Gasteiger partial charge on any atom is -0.378 e. The molecule has 0 aliphatic carbocycles. The molecule has 0 saturated carbocycles. The average Bonchev–Trinajstić information content (AvgIpc) is 2.43. The Morgan fingerprint density at radius 3 is 3.00 bits per heavy atom. The second-order valence-corrected chi connectivity index (χ2v) is 5.95. The molecule has 1 aromatic rings. The number of benzene rings is 1. The molecule has 2 rings (SSSR count). The van der Waals surface area contributed by atoms with Gasteiger partial charge in [0.25, 0.3) is 0 Å². The van der Waals surface area contributed by atoms with Crippen LogP contribution in [0.4, 0.5) is 10.1 Å². The van der Waals surface area contributed by atoms with Gasteiger partial charge in [-0.2, -0.15) is 0 Å². The van der Waals surface area contributed by atoms with Gasteiger partial charge in [-0.05, 0) is 53.4 Å². The molecule has 1 fully saturated rings. The lowest BCUT2D eigenvalue weighted by atomic mass is 9.85. The molecule has 1 saturated heterocycles. The Hall–Kier alpha value is -0.650. The Bertz CT molecular complexity index is 443. The van der Waals surface area contributed by atoms with Gasteiger partial charge in [-0.15, -0.1) is 0 Å². The molecule has 1 aromatic carbocycles. The number of nitrogens with two attached hydrogens (primary N) is 1. The van der Waals surface area contributed by atoms with Gasteiger partial charge in [0.15, 0.2) is 0 Å². The fraction of sp³-hybridized carbons (Fsp3) is 0.571. The van der Waals surface area contributed by atoms with Crippen molar-refractivity contribution < 1.29 is 9.13 Å². The van der Waals surface area contributed by atoms with E-state index in [4.69, 9.17) is 10.5 Å². The first kappa shape index (κ1) is 14.8. The molecule has 0 spiro atoms. The number of halogens is 2. The first-order valence-electron chi connectivity index (χ1n) is 6.63. The first-order valence-corrected chi connectivity index (χ1v) is 7.43. The van der Waals surface area contributed by atoms with E-state index in [-0.39, 0.29) is 17.5 Å². The highest BCUT2D eigenvalue weighted by Gasteiger charge is 2.35. The predicted molar refractivity (Wildman–Crippen MR) is 78.8 cm³/mol. The van der Waals surface area contributed by atoms with E-state index in [2.05, 4.69) is 28.2 Å². The molecule has 106 valence electrons. The van der Waals surface area contributed by atoms with Crippen molar-refractivity contribution in [2.75, 3.05) is 18.5 Å². The number of hydrogen-bond donors (Lipinski definition) is 2. The van der Waals surface area contributed by atoms with Gasteiger partial charge in [0.2, 0.25) is 0 Å². The molecule has 0 bridgehead atoms. The van der Waals surface area contributed by atoms with Crippen LogP contribution in [0.2, 0.25) is 0 Å². The molecule has 2 atom stereocenters. The molecule has 3 N–H and O–H groups in total. The summed E-state index contributed by atoms with van der Waals surface area (Å²) in [4.78, 5) is 0. The Balaban J connectivity index is 2.15. The number of nitrogens with one attached hydrogen (secondary N) is 1. The SMILES string of the molecule is CCC1CC(CN)(Nc2ccc(F)c(Br)c2)CCO1. The molecule has 0 aromatic heterocycles. The number of rotatable bonds is 4. The summed E-state index contributed by atoms with van der Waals surface area (Å²) in [6.07, 6.45) is 2.98. The fourth-order valence-corrected chi connectivity index (χ4v) is 2.89. The van der Waals surface area contributed by atoms with Gasteiger partial charge in [-0.25, -0.2) is 4.39 Å². The largest absolute Gasteiger partial charge is 0.378 e. The lowest BCUT2D eigenvalue weighted by Crippen LogP contribution is -2.52. The van der Waals surface area contributed by atoms with E-state index in [9.17, 15) is 4.39 Å². The molecule has 0 amide bonds. The lowest BCUT2D eigenvalue weighted by Gasteiger charge is -2.41. The summed E-state index contributed by atoms with van der Waals surface area (Å²) >= 11 is 3.21. The van der Waals surface area contributed by atoms with Crippen LogP contribution in [0, 0.1) is 5.82 Å². The molecule has 0 radical (unpaired) electrons. The van der Waals surface area contributed by atoms with Crippen molar-refractivity contribution >= 4 is 21.6 Å². The van der Waals surface area contributed by atoms with E-state index in [1.165, 1.54) is 6.07 Å². The van der Waals surface area contributed by atoms with Gasteiger partial charge in [0.1, 0.15) is 5.82 Å². The summed E-state index contributed by atoms with van der Waals surface area (Å²) in [5, 5.41) is 3.47. The van der Waals surface area contributed by atoms with Crippen LogP contribution in [0.25, 0.3) is 0 Å². The summed E-state index contributed by atoms with van der Waals surface area (Å²) in [6.45, 7) is 3.37. The number of anilines is 1. The molecule has 5 heteroatoms. The van der Waals surface area contributed by atoms with Crippen molar-refractivity contribution in [3.8, 4) is 0 Å². The van der Waals surface area contributed by atoms with Crippen LogP contribution in [-0.2, 0) is 4.74 Å². The Kier molecular flexibility index (Phi) is 4.81. The van der Waals surface area contributed by atoms with Crippen molar-refractivity contribution in [3.63, 3.8) is 0 Å². The summed E-state index contributed by atoms with van der Waals surface area (Å²) in [5.74, 6) is -0.259. The van der Waals surface area contributed by atoms with E-state index < -0.39 is 0 Å². The Labute approximate surface area is 121 Å². The second-order valence-electron chi connectivity index (χ2n) is 5.09. The zero-order valence-electron chi connectivity index (χ0n) is 11.1. The third kappa shape index (κ3) is 3.46. The van der Waals surface area contributed by atoms with Gasteiger partial charge in [0, 0.05) is 18.8 Å². The van der Waals surface area contributed by atoms with Crippen LogP contribution in [-0.4, -0.2) is 24.8 Å². The standard InChI is InChI=1S/C14H20BrFN2O/c1-2-11-8-14(9-17,5-6-19-11)18-10-3-4-13(16)12(15)7-10/h3-4,7,11,18H,2,5-6,8-9,17H2,1H3. The highest BCUT2D eigenvalue weighted by atomic mass is 79.9. The third-order valence-electron chi connectivity index (χ3n) is 3.73. The van der Waals surface area contributed by atoms with E-state index >= 15 is 0 Å². The van der Waals surface area contributed by atoms with Gasteiger partial charge >= 0.3 is 0 Å². The van der Waals surface area contributed by atoms with E-state index in [0.29, 0.717) is 17.6 Å². The number of ether oxygens (including phenoxy) is 1. The van der Waals surface area contributed by atoms with Crippen LogP contribution >= 0.6 is 15.9 Å². The van der Waals surface area contributed by atoms with Gasteiger partial charge < -0.3 is 15.8 Å². The Morgan fingerprint density at radius 1 is 1.58 bits per heavy atom. The first-order chi connectivity index (χ1) is 9.08. The molecule has 1 heterocycles. The van der Waals surface area contributed by atoms with Crippen molar-refractivity contribution in [1.29, 1.82) is 0 Å². The van der Waals surface area contributed by atoms with Gasteiger partial charge in [-0.3, -0.25) is 0 Å². The molecule has 3 nitrogen and oxygen atoms in total. The second kappa shape index (κ2) is 6.20. The van der Waals surface area contributed by atoms with E-state index in [1.807, 2.05) is 0 Å². The molecular formula is C14H20BrFN2O. The maximum Gasteiger partial charge on any atom is 0.137 e. The maximum atomic E-state index is 13.3. The summed E-state index contributed by atoms with van der Waals surface area (Å²) < 4.78 is 19.4.